The van der Waals surface area contributed by atoms with Crippen LogP contribution in [0.4, 0.5) is 0 Å². The monoisotopic (exact) mass is 512 g/mol. The SMILES string of the molecule is CN=C(NCCCn1c(C)nc2ccccc21)N1CCC(N2CCOCC2)C1.I. The Morgan fingerprint density at radius 2 is 2.03 bits per heavy atom. The lowest BCUT2D eigenvalue weighted by Crippen LogP contribution is -2.46. The Kier molecular flexibility index (Phi) is 8.14. The van der Waals surface area contributed by atoms with Crippen molar-refractivity contribution in [2.24, 2.45) is 4.99 Å². The third kappa shape index (κ3) is 5.21. The number of nitrogens with one attached hydrogen (secondary N) is 1. The molecule has 3 heterocycles. The molecule has 0 bridgehead atoms. The molecule has 0 radical (unpaired) electrons. The molecule has 160 valence electrons. The Hall–Kier alpha value is -1.39. The Labute approximate surface area is 190 Å². The molecule has 0 saturated carbocycles. The smallest absolute Gasteiger partial charge is 0.193 e. The molecule has 0 spiro atoms. The number of benzene rings is 1. The maximum atomic E-state index is 5.49. The molecule has 2 saturated heterocycles. The lowest BCUT2D eigenvalue weighted by Gasteiger charge is -2.32. The summed E-state index contributed by atoms with van der Waals surface area (Å²) in [7, 11) is 1.89. The van der Waals surface area contributed by atoms with Crippen LogP contribution in [0.3, 0.4) is 0 Å². The number of aliphatic imine (C=N–C) groups is 1. The van der Waals surface area contributed by atoms with E-state index in [0.717, 1.165) is 76.2 Å². The van der Waals surface area contributed by atoms with Gasteiger partial charge in [-0.1, -0.05) is 12.1 Å². The van der Waals surface area contributed by atoms with E-state index in [1.54, 1.807) is 0 Å². The van der Waals surface area contributed by atoms with Crippen LogP contribution in [-0.2, 0) is 11.3 Å². The van der Waals surface area contributed by atoms with Gasteiger partial charge < -0.3 is 19.5 Å². The zero-order valence-electron chi connectivity index (χ0n) is 17.5. The van der Waals surface area contributed by atoms with Crippen molar-refractivity contribution in [3.05, 3.63) is 30.1 Å². The van der Waals surface area contributed by atoms with Crippen molar-refractivity contribution in [2.75, 3.05) is 53.0 Å². The average Bonchev–Trinajstić information content (AvgIpc) is 3.33. The van der Waals surface area contributed by atoms with Crippen LogP contribution in [0.15, 0.2) is 29.3 Å². The van der Waals surface area contributed by atoms with E-state index in [9.17, 15) is 0 Å². The van der Waals surface area contributed by atoms with Crippen LogP contribution in [-0.4, -0.2) is 84.3 Å². The Morgan fingerprint density at radius 3 is 2.83 bits per heavy atom. The molecule has 1 aromatic heterocycles. The summed E-state index contributed by atoms with van der Waals surface area (Å²) < 4.78 is 7.80. The van der Waals surface area contributed by atoms with Crippen LogP contribution in [0.5, 0.6) is 0 Å². The molecule has 2 aliphatic heterocycles. The number of morpholine rings is 1. The third-order valence-electron chi connectivity index (χ3n) is 5.92. The van der Waals surface area contributed by atoms with Crippen LogP contribution < -0.4 is 5.32 Å². The zero-order valence-corrected chi connectivity index (χ0v) is 19.8. The first-order chi connectivity index (χ1) is 13.8. The number of guanidine groups is 1. The van der Waals surface area contributed by atoms with Crippen molar-refractivity contribution in [3.63, 3.8) is 0 Å². The van der Waals surface area contributed by atoms with Crippen LogP contribution in [0.1, 0.15) is 18.7 Å². The third-order valence-corrected chi connectivity index (χ3v) is 5.92. The predicted molar refractivity (Wildman–Crippen MR) is 128 cm³/mol. The number of para-hydroxylation sites is 2. The zero-order chi connectivity index (χ0) is 19.3. The summed E-state index contributed by atoms with van der Waals surface area (Å²) in [4.78, 5) is 14.2. The number of rotatable bonds is 5. The normalized spacial score (nSPS) is 20.8. The van der Waals surface area contributed by atoms with Gasteiger partial charge in [0.15, 0.2) is 5.96 Å². The summed E-state index contributed by atoms with van der Waals surface area (Å²) in [5.74, 6) is 2.11. The number of hydrogen-bond donors (Lipinski definition) is 1. The largest absolute Gasteiger partial charge is 0.379 e. The van der Waals surface area contributed by atoms with Crippen molar-refractivity contribution in [1.29, 1.82) is 0 Å². The molecule has 1 atom stereocenters. The van der Waals surface area contributed by atoms with Gasteiger partial charge in [-0.15, -0.1) is 24.0 Å². The Balaban J connectivity index is 0.00000240. The maximum absolute atomic E-state index is 5.49. The Bertz CT molecular complexity index is 817. The van der Waals surface area contributed by atoms with E-state index >= 15 is 0 Å². The Morgan fingerprint density at radius 1 is 1.24 bits per heavy atom. The van der Waals surface area contributed by atoms with Crippen LogP contribution in [0.2, 0.25) is 0 Å². The van der Waals surface area contributed by atoms with Crippen molar-refractivity contribution >= 4 is 41.0 Å². The van der Waals surface area contributed by atoms with Gasteiger partial charge in [0.05, 0.1) is 24.2 Å². The van der Waals surface area contributed by atoms with Crippen molar-refractivity contribution in [1.82, 2.24) is 24.7 Å². The number of ether oxygens (including phenoxy) is 1. The fourth-order valence-electron chi connectivity index (χ4n) is 4.42. The molecule has 2 aromatic rings. The van der Waals surface area contributed by atoms with Crippen LogP contribution in [0.25, 0.3) is 11.0 Å². The lowest BCUT2D eigenvalue weighted by molar-refractivity contribution is 0.0195. The lowest BCUT2D eigenvalue weighted by atomic mass is 10.2. The van der Waals surface area contributed by atoms with E-state index in [0.29, 0.717) is 6.04 Å². The summed E-state index contributed by atoms with van der Waals surface area (Å²) in [6.07, 6.45) is 2.25. The second kappa shape index (κ2) is 10.6. The molecule has 1 aromatic carbocycles. The van der Waals surface area contributed by atoms with Crippen molar-refractivity contribution in [2.45, 2.75) is 32.4 Å². The first kappa shape index (κ1) is 22.3. The van der Waals surface area contributed by atoms with Gasteiger partial charge in [0.1, 0.15) is 5.82 Å². The van der Waals surface area contributed by atoms with E-state index < -0.39 is 0 Å². The van der Waals surface area contributed by atoms with Gasteiger partial charge in [-0.3, -0.25) is 9.89 Å². The highest BCUT2D eigenvalue weighted by molar-refractivity contribution is 14.0. The van der Waals surface area contributed by atoms with Gasteiger partial charge >= 0.3 is 0 Å². The molecular formula is C21H33IN6O. The highest BCUT2D eigenvalue weighted by Gasteiger charge is 2.30. The molecule has 0 aliphatic carbocycles. The molecule has 8 heteroatoms. The summed E-state index contributed by atoms with van der Waals surface area (Å²) in [6, 6.07) is 8.99. The number of aromatic nitrogens is 2. The number of imidazole rings is 1. The molecule has 7 nitrogen and oxygen atoms in total. The van der Waals surface area contributed by atoms with Crippen LogP contribution >= 0.6 is 24.0 Å². The van der Waals surface area contributed by atoms with E-state index in [1.165, 1.54) is 11.9 Å². The summed E-state index contributed by atoms with van der Waals surface area (Å²) in [6.45, 7) is 9.95. The maximum Gasteiger partial charge on any atom is 0.193 e. The highest BCUT2D eigenvalue weighted by Crippen LogP contribution is 2.18. The standard InChI is InChI=1S/C21H32N6O.HI/c1-17-24-19-6-3-4-7-20(19)27(17)10-5-9-23-21(22-2)26-11-8-18(16-26)25-12-14-28-15-13-25;/h3-4,6-7,18H,5,8-16H2,1-2H3,(H,22,23);1H. The quantitative estimate of drug-likeness (QED) is 0.289. The van der Waals surface area contributed by atoms with Gasteiger partial charge in [-0.05, 0) is 31.9 Å². The summed E-state index contributed by atoms with van der Waals surface area (Å²) in [5.41, 5.74) is 2.30. The molecule has 29 heavy (non-hydrogen) atoms. The topological polar surface area (TPSA) is 57.9 Å². The molecule has 2 fully saturated rings. The minimum Gasteiger partial charge on any atom is -0.379 e. The summed E-state index contributed by atoms with van der Waals surface area (Å²) >= 11 is 0. The van der Waals surface area contributed by atoms with Gasteiger partial charge in [0.25, 0.3) is 0 Å². The second-order valence-electron chi connectivity index (χ2n) is 7.66. The van der Waals surface area contributed by atoms with Crippen LogP contribution in [0, 0.1) is 6.92 Å². The average molecular weight is 512 g/mol. The number of fused-ring (bicyclic) bond motifs is 1. The highest BCUT2D eigenvalue weighted by atomic mass is 127. The summed E-state index contributed by atoms with van der Waals surface area (Å²) in [5, 5.41) is 3.56. The minimum atomic E-state index is 0. The van der Waals surface area contributed by atoms with Gasteiger partial charge in [0.2, 0.25) is 0 Å². The van der Waals surface area contributed by atoms with Gasteiger partial charge in [-0.2, -0.15) is 0 Å². The molecule has 0 amide bonds. The van der Waals surface area contributed by atoms with E-state index in [-0.39, 0.29) is 24.0 Å². The number of halogens is 1. The molecule has 4 rings (SSSR count). The first-order valence-corrected chi connectivity index (χ1v) is 10.5. The van der Waals surface area contributed by atoms with Gasteiger partial charge in [-0.25, -0.2) is 4.98 Å². The molecule has 2 aliphatic rings. The number of hydrogen-bond acceptors (Lipinski definition) is 4. The number of likely N-dealkylation sites (tertiary alicyclic amines) is 1. The second-order valence-corrected chi connectivity index (χ2v) is 7.66. The fourth-order valence-corrected chi connectivity index (χ4v) is 4.42. The fraction of sp³-hybridized carbons (Fsp3) is 0.619. The van der Waals surface area contributed by atoms with E-state index in [2.05, 4.69) is 54.8 Å². The van der Waals surface area contributed by atoms with E-state index in [4.69, 9.17) is 4.74 Å². The van der Waals surface area contributed by atoms with Crippen molar-refractivity contribution in [3.8, 4) is 0 Å². The molecule has 1 N–H and O–H groups in total. The molecule has 1 unspecified atom stereocenters. The van der Waals surface area contributed by atoms with Crippen molar-refractivity contribution < 1.29 is 4.74 Å². The number of aryl methyl sites for hydroxylation is 2. The predicted octanol–water partition coefficient (Wildman–Crippen LogP) is 2.33. The molecular weight excluding hydrogens is 479 g/mol. The van der Waals surface area contributed by atoms with Gasteiger partial charge in [0, 0.05) is 52.4 Å². The minimum absolute atomic E-state index is 0. The first-order valence-electron chi connectivity index (χ1n) is 10.5. The number of nitrogens with zero attached hydrogens (tertiary/aromatic N) is 5. The van der Waals surface area contributed by atoms with E-state index in [1.807, 2.05) is 13.1 Å².